The molecule has 0 heterocycles. The number of ether oxygens (including phenoxy) is 1. The molecule has 0 aromatic heterocycles. The van der Waals surface area contributed by atoms with Gasteiger partial charge in [-0.1, -0.05) is 0 Å². The number of anilines is 1. The first-order chi connectivity index (χ1) is 9.10. The Morgan fingerprint density at radius 1 is 1.30 bits per heavy atom. The van der Waals surface area contributed by atoms with Crippen LogP contribution in [-0.4, -0.2) is 39.1 Å². The van der Waals surface area contributed by atoms with Gasteiger partial charge in [0.1, 0.15) is 17.3 Å². The van der Waals surface area contributed by atoms with Gasteiger partial charge in [0.25, 0.3) is 10.1 Å². The topological polar surface area (TPSA) is 150 Å². The summed E-state index contributed by atoms with van der Waals surface area (Å²) < 4.78 is 58.6. The van der Waals surface area contributed by atoms with E-state index in [1.807, 2.05) is 0 Å². The van der Waals surface area contributed by atoms with E-state index in [-0.39, 0.29) is 24.6 Å². The smallest absolute Gasteiger partial charge is 0.282 e. The Bertz CT molecular complexity index is 684. The average Bonchev–Trinajstić information content (AvgIpc) is 2.35. The maximum Gasteiger partial charge on any atom is 0.282 e. The van der Waals surface area contributed by atoms with E-state index in [1.165, 1.54) is 12.1 Å². The van der Waals surface area contributed by atoms with Gasteiger partial charge >= 0.3 is 0 Å². The van der Waals surface area contributed by atoms with Crippen LogP contribution in [0.25, 0.3) is 0 Å². The van der Waals surface area contributed by atoms with Crippen molar-refractivity contribution in [3.8, 4) is 5.75 Å². The highest BCUT2D eigenvalue weighted by Gasteiger charge is 2.35. The van der Waals surface area contributed by atoms with Crippen molar-refractivity contribution in [1.82, 2.24) is 0 Å². The quantitative estimate of drug-likeness (QED) is 0.473. The van der Waals surface area contributed by atoms with E-state index in [4.69, 9.17) is 20.8 Å². The summed E-state index contributed by atoms with van der Waals surface area (Å²) >= 11 is 0. The van der Waals surface area contributed by atoms with Crippen LogP contribution >= 0.6 is 0 Å². The van der Waals surface area contributed by atoms with Crippen LogP contribution in [0, 0.1) is 0 Å². The lowest BCUT2D eigenvalue weighted by Crippen LogP contribution is -2.27. The maximum atomic E-state index is 12.2. The lowest BCUT2D eigenvalue weighted by molar-refractivity contribution is 0.320. The predicted molar refractivity (Wildman–Crippen MR) is 73.6 cm³/mol. The second kappa shape index (κ2) is 5.95. The first-order valence-corrected chi connectivity index (χ1v) is 8.58. The zero-order chi connectivity index (χ0) is 15.6. The fourth-order valence-electron chi connectivity index (χ4n) is 1.37. The molecule has 20 heavy (non-hydrogen) atoms. The predicted octanol–water partition coefficient (Wildman–Crippen LogP) is -0.386. The van der Waals surface area contributed by atoms with Crippen LogP contribution in [0.5, 0.6) is 5.75 Å². The minimum absolute atomic E-state index is 0.0483. The Kier molecular flexibility index (Phi) is 4.97. The molecule has 114 valence electrons. The van der Waals surface area contributed by atoms with Gasteiger partial charge in [0.2, 0.25) is 9.84 Å². The van der Waals surface area contributed by atoms with Crippen molar-refractivity contribution in [2.24, 2.45) is 5.73 Å². The summed E-state index contributed by atoms with van der Waals surface area (Å²) in [4.78, 5) is -0.406. The molecule has 10 heteroatoms. The van der Waals surface area contributed by atoms with Gasteiger partial charge in [-0.25, -0.2) is 8.42 Å². The molecule has 0 radical (unpaired) electrons. The van der Waals surface area contributed by atoms with Gasteiger partial charge < -0.3 is 16.2 Å². The molecule has 0 aliphatic carbocycles. The second-order valence-electron chi connectivity index (χ2n) is 3.97. The van der Waals surface area contributed by atoms with Crippen LogP contribution in [0.3, 0.4) is 0 Å². The molecule has 0 amide bonds. The summed E-state index contributed by atoms with van der Waals surface area (Å²) in [5.74, 6) is -0.0693. The summed E-state index contributed by atoms with van der Waals surface area (Å²) in [6.45, 7) is 1.06. The van der Waals surface area contributed by atoms with Crippen molar-refractivity contribution in [3.05, 3.63) is 18.2 Å². The Labute approximate surface area is 117 Å². The van der Waals surface area contributed by atoms with Crippen molar-refractivity contribution in [1.29, 1.82) is 0 Å². The first-order valence-electron chi connectivity index (χ1n) is 5.53. The molecule has 1 aromatic rings. The molecule has 0 aliphatic heterocycles. The number of nitrogens with two attached hydrogens (primary N) is 2. The van der Waals surface area contributed by atoms with Crippen molar-refractivity contribution < 1.29 is 26.1 Å². The standard InChI is InChI=1S/C10H16N2O6S2/c1-7(20(15,16)17)19(13,14)10-6-8(12)2-3-9(10)18-5-4-11/h2-3,6-7H,4-5,11-12H2,1H3,(H,15,16,17). The molecule has 0 bridgehead atoms. The van der Waals surface area contributed by atoms with E-state index in [9.17, 15) is 16.8 Å². The van der Waals surface area contributed by atoms with Crippen LogP contribution in [-0.2, 0) is 20.0 Å². The van der Waals surface area contributed by atoms with E-state index < -0.39 is 29.4 Å². The first kappa shape index (κ1) is 16.7. The van der Waals surface area contributed by atoms with Crippen LogP contribution in [0.15, 0.2) is 23.1 Å². The molecule has 0 saturated heterocycles. The SMILES string of the molecule is CC(S(=O)(=O)O)S(=O)(=O)c1cc(N)ccc1OCCN. The van der Waals surface area contributed by atoms with Gasteiger partial charge in [-0.15, -0.1) is 0 Å². The highest BCUT2D eigenvalue weighted by molar-refractivity contribution is 8.06. The molecule has 8 nitrogen and oxygen atoms in total. The molecule has 0 saturated carbocycles. The van der Waals surface area contributed by atoms with Gasteiger partial charge in [-0.3, -0.25) is 4.55 Å². The summed E-state index contributed by atoms with van der Waals surface area (Å²) in [7, 11) is -9.13. The highest BCUT2D eigenvalue weighted by Crippen LogP contribution is 2.30. The molecule has 1 atom stereocenters. The lowest BCUT2D eigenvalue weighted by atomic mass is 10.3. The average molecular weight is 324 g/mol. The number of rotatable bonds is 6. The van der Waals surface area contributed by atoms with Crippen molar-refractivity contribution in [3.63, 3.8) is 0 Å². The fraction of sp³-hybridized carbons (Fsp3) is 0.400. The van der Waals surface area contributed by atoms with Gasteiger partial charge in [0, 0.05) is 12.2 Å². The molecular formula is C10H16N2O6S2. The van der Waals surface area contributed by atoms with Crippen molar-refractivity contribution >= 4 is 25.6 Å². The van der Waals surface area contributed by atoms with E-state index in [0.29, 0.717) is 0 Å². The third-order valence-corrected chi connectivity index (χ3v) is 6.64. The number of sulfone groups is 1. The number of hydrogen-bond donors (Lipinski definition) is 3. The Balaban J connectivity index is 3.40. The molecular weight excluding hydrogens is 308 g/mol. The van der Waals surface area contributed by atoms with Crippen LogP contribution < -0.4 is 16.2 Å². The van der Waals surface area contributed by atoms with Gasteiger partial charge in [-0.05, 0) is 25.1 Å². The van der Waals surface area contributed by atoms with Gasteiger partial charge in [-0.2, -0.15) is 8.42 Å². The minimum atomic E-state index is -4.77. The van der Waals surface area contributed by atoms with E-state index >= 15 is 0 Å². The maximum absolute atomic E-state index is 12.2. The van der Waals surface area contributed by atoms with Gasteiger partial charge in [0.15, 0.2) is 4.58 Å². The van der Waals surface area contributed by atoms with Gasteiger partial charge in [0.05, 0.1) is 0 Å². The van der Waals surface area contributed by atoms with E-state index in [0.717, 1.165) is 13.0 Å². The molecule has 1 unspecified atom stereocenters. The summed E-state index contributed by atoms with van der Waals surface area (Å²) in [6, 6.07) is 3.78. The van der Waals surface area contributed by atoms with Crippen LogP contribution in [0.1, 0.15) is 6.92 Å². The monoisotopic (exact) mass is 324 g/mol. The zero-order valence-corrected chi connectivity index (χ0v) is 12.3. The Hall–Kier alpha value is -1.36. The van der Waals surface area contributed by atoms with Crippen molar-refractivity contribution in [2.75, 3.05) is 18.9 Å². The summed E-state index contributed by atoms with van der Waals surface area (Å²) in [6.07, 6.45) is 0. The minimum Gasteiger partial charge on any atom is -0.491 e. The van der Waals surface area contributed by atoms with E-state index in [2.05, 4.69) is 0 Å². The Morgan fingerprint density at radius 2 is 1.90 bits per heavy atom. The zero-order valence-electron chi connectivity index (χ0n) is 10.7. The Morgan fingerprint density at radius 3 is 2.40 bits per heavy atom. The molecule has 0 spiro atoms. The summed E-state index contributed by atoms with van der Waals surface area (Å²) in [5.41, 5.74) is 10.9. The van der Waals surface area contributed by atoms with Crippen LogP contribution in [0.4, 0.5) is 5.69 Å². The second-order valence-corrected chi connectivity index (χ2v) is 8.24. The van der Waals surface area contributed by atoms with E-state index in [1.54, 1.807) is 0 Å². The third-order valence-electron chi connectivity index (χ3n) is 2.51. The molecule has 1 aromatic carbocycles. The number of nitrogen functional groups attached to an aromatic ring is 1. The number of hydrogen-bond acceptors (Lipinski definition) is 7. The highest BCUT2D eigenvalue weighted by atomic mass is 32.3. The molecule has 5 N–H and O–H groups in total. The number of benzene rings is 1. The fourth-order valence-corrected chi connectivity index (χ4v) is 4.03. The normalized spacial score (nSPS) is 13.9. The largest absolute Gasteiger partial charge is 0.491 e. The summed E-state index contributed by atoms with van der Waals surface area (Å²) in [5, 5.41) is 0. The molecule has 0 aliphatic rings. The van der Waals surface area contributed by atoms with Crippen LogP contribution in [0.2, 0.25) is 0 Å². The lowest BCUT2D eigenvalue weighted by Gasteiger charge is -2.15. The van der Waals surface area contributed by atoms with Crippen molar-refractivity contribution in [2.45, 2.75) is 16.4 Å². The molecule has 0 fully saturated rings. The molecule has 1 rings (SSSR count). The third kappa shape index (κ3) is 3.60.